The van der Waals surface area contributed by atoms with Gasteiger partial charge < -0.3 is 10.1 Å². The molecule has 2 rings (SSSR count). The highest BCUT2D eigenvalue weighted by atomic mass is 15.0. The molecule has 0 aromatic carbocycles. The van der Waals surface area contributed by atoms with Gasteiger partial charge in [0, 0.05) is 19.2 Å². The summed E-state index contributed by atoms with van der Waals surface area (Å²) in [6.07, 6.45) is 4.20. The summed E-state index contributed by atoms with van der Waals surface area (Å²) in [6.45, 7) is 4.76. The molecule has 0 saturated heterocycles. The number of fused-ring (bicyclic) bond motifs is 1. The molecule has 2 N–H and O–H groups in total. The molecule has 0 aliphatic heterocycles. The Hall–Kier alpha value is -1.35. The summed E-state index contributed by atoms with van der Waals surface area (Å²) in [4.78, 5) is 4.58. The third kappa shape index (κ3) is 1.75. The number of nitrogens with two attached hydrogens (primary N) is 1. The normalized spacial score (nSPS) is 11.1. The predicted molar refractivity (Wildman–Crippen MR) is 61.8 cm³/mol. The van der Waals surface area contributed by atoms with Crippen LogP contribution in [-0.4, -0.2) is 9.38 Å². The second kappa shape index (κ2) is 4.03. The third-order valence-corrected chi connectivity index (χ3v) is 2.62. The molecule has 2 heterocycles. The second-order valence-corrected chi connectivity index (χ2v) is 3.89. The fourth-order valence-electron chi connectivity index (χ4n) is 1.87. The van der Waals surface area contributed by atoms with Crippen LogP contribution in [0.2, 0.25) is 0 Å². The minimum Gasteiger partial charge on any atom is -0.325 e. The van der Waals surface area contributed by atoms with Crippen molar-refractivity contribution in [2.45, 2.75) is 33.2 Å². The average Bonchev–Trinajstić information content (AvgIpc) is 2.56. The molecule has 2 aromatic rings. The molecular formula is C12H17N3. The van der Waals surface area contributed by atoms with Crippen molar-refractivity contribution in [1.29, 1.82) is 0 Å². The van der Waals surface area contributed by atoms with E-state index in [1.165, 1.54) is 5.56 Å². The van der Waals surface area contributed by atoms with Crippen LogP contribution < -0.4 is 5.73 Å². The molecule has 0 aliphatic carbocycles. The predicted octanol–water partition coefficient (Wildman–Crippen LogP) is 2.05. The third-order valence-electron chi connectivity index (χ3n) is 2.62. The zero-order valence-electron chi connectivity index (χ0n) is 9.33. The van der Waals surface area contributed by atoms with Crippen LogP contribution in [0.5, 0.6) is 0 Å². The van der Waals surface area contributed by atoms with Gasteiger partial charge in [0.2, 0.25) is 0 Å². The van der Waals surface area contributed by atoms with E-state index in [0.29, 0.717) is 6.54 Å². The Kier molecular flexibility index (Phi) is 2.73. The quantitative estimate of drug-likeness (QED) is 0.829. The minimum absolute atomic E-state index is 0.511. The molecule has 3 nitrogen and oxygen atoms in total. The lowest BCUT2D eigenvalue weighted by Crippen LogP contribution is -1.97. The van der Waals surface area contributed by atoms with Gasteiger partial charge in [0.25, 0.3) is 0 Å². The lowest BCUT2D eigenvalue weighted by molar-refractivity contribution is 0.823. The number of imidazole rings is 1. The molecule has 0 fully saturated rings. The summed E-state index contributed by atoms with van der Waals surface area (Å²) in [7, 11) is 0. The molecule has 0 bridgehead atoms. The first kappa shape index (κ1) is 10.2. The van der Waals surface area contributed by atoms with Gasteiger partial charge in [-0.1, -0.05) is 6.92 Å². The molecule has 0 aliphatic rings. The summed E-state index contributed by atoms with van der Waals surface area (Å²) in [5.41, 5.74) is 9.11. The molecule has 15 heavy (non-hydrogen) atoms. The highest BCUT2D eigenvalue weighted by Gasteiger charge is 2.08. The molecule has 0 atom stereocenters. The molecular weight excluding hydrogens is 186 g/mol. The summed E-state index contributed by atoms with van der Waals surface area (Å²) in [6, 6.07) is 4.25. The average molecular weight is 203 g/mol. The van der Waals surface area contributed by atoms with Crippen molar-refractivity contribution in [2.24, 2.45) is 5.73 Å². The van der Waals surface area contributed by atoms with Gasteiger partial charge in [-0.3, -0.25) is 0 Å². The number of rotatable bonds is 3. The number of nitrogens with zero attached hydrogens (tertiary/aromatic N) is 2. The molecule has 3 heteroatoms. The summed E-state index contributed by atoms with van der Waals surface area (Å²) >= 11 is 0. The van der Waals surface area contributed by atoms with E-state index >= 15 is 0 Å². The maximum Gasteiger partial charge on any atom is 0.113 e. The fraction of sp³-hybridized carbons (Fsp3) is 0.417. The smallest absolute Gasteiger partial charge is 0.113 e. The van der Waals surface area contributed by atoms with Crippen LogP contribution in [-0.2, 0) is 13.0 Å². The van der Waals surface area contributed by atoms with Crippen molar-refractivity contribution >= 4 is 5.52 Å². The van der Waals surface area contributed by atoms with Crippen molar-refractivity contribution in [2.75, 3.05) is 0 Å². The Morgan fingerprint density at radius 1 is 1.47 bits per heavy atom. The van der Waals surface area contributed by atoms with Crippen LogP contribution in [0.4, 0.5) is 0 Å². The topological polar surface area (TPSA) is 43.3 Å². The Balaban J connectivity index is 2.64. The van der Waals surface area contributed by atoms with E-state index in [9.17, 15) is 0 Å². The summed E-state index contributed by atoms with van der Waals surface area (Å²) in [5.74, 6) is 1.12. The maximum absolute atomic E-state index is 5.70. The Bertz CT molecular complexity index is 471. The molecule has 0 radical (unpaired) electrons. The van der Waals surface area contributed by atoms with E-state index in [2.05, 4.69) is 41.6 Å². The van der Waals surface area contributed by atoms with Crippen LogP contribution in [0, 0.1) is 6.92 Å². The van der Waals surface area contributed by atoms with Gasteiger partial charge in [0.1, 0.15) is 5.82 Å². The number of aryl methyl sites for hydroxylation is 2. The largest absolute Gasteiger partial charge is 0.325 e. The molecule has 0 spiro atoms. The van der Waals surface area contributed by atoms with E-state index < -0.39 is 0 Å². The number of pyridine rings is 1. The van der Waals surface area contributed by atoms with E-state index in [0.717, 1.165) is 29.9 Å². The zero-order chi connectivity index (χ0) is 10.8. The first-order valence-corrected chi connectivity index (χ1v) is 5.42. The standard InChI is InChI=1S/C12H17N3/c1-3-4-12-14-10(8-13)11-7-9(2)5-6-15(11)12/h5-7H,3-4,8,13H2,1-2H3. The Morgan fingerprint density at radius 3 is 2.93 bits per heavy atom. The molecule has 0 amide bonds. The molecule has 0 unspecified atom stereocenters. The fourth-order valence-corrected chi connectivity index (χ4v) is 1.87. The van der Waals surface area contributed by atoms with Gasteiger partial charge in [0.15, 0.2) is 0 Å². The summed E-state index contributed by atoms with van der Waals surface area (Å²) < 4.78 is 2.15. The molecule has 0 saturated carbocycles. The van der Waals surface area contributed by atoms with Gasteiger partial charge in [0.05, 0.1) is 11.2 Å². The van der Waals surface area contributed by atoms with Crippen molar-refractivity contribution in [1.82, 2.24) is 9.38 Å². The van der Waals surface area contributed by atoms with Gasteiger partial charge in [-0.15, -0.1) is 0 Å². The van der Waals surface area contributed by atoms with E-state index in [1.807, 2.05) is 0 Å². The molecule has 2 aromatic heterocycles. The van der Waals surface area contributed by atoms with Crippen LogP contribution in [0.15, 0.2) is 18.3 Å². The lowest BCUT2D eigenvalue weighted by Gasteiger charge is -2.00. The number of hydrogen-bond donors (Lipinski definition) is 1. The SMILES string of the molecule is CCCc1nc(CN)c2cc(C)ccn12. The maximum atomic E-state index is 5.70. The lowest BCUT2D eigenvalue weighted by atomic mass is 10.2. The molecule has 80 valence electrons. The Labute approximate surface area is 89.9 Å². The zero-order valence-corrected chi connectivity index (χ0v) is 9.33. The van der Waals surface area contributed by atoms with E-state index in [-0.39, 0.29) is 0 Å². The second-order valence-electron chi connectivity index (χ2n) is 3.89. The van der Waals surface area contributed by atoms with Gasteiger partial charge in [-0.25, -0.2) is 4.98 Å². The van der Waals surface area contributed by atoms with Crippen LogP contribution in [0.1, 0.15) is 30.4 Å². The van der Waals surface area contributed by atoms with Crippen molar-refractivity contribution < 1.29 is 0 Å². The van der Waals surface area contributed by atoms with Crippen LogP contribution in [0.3, 0.4) is 0 Å². The van der Waals surface area contributed by atoms with Gasteiger partial charge in [-0.05, 0) is 31.0 Å². The summed E-state index contributed by atoms with van der Waals surface area (Å²) in [5, 5.41) is 0. The van der Waals surface area contributed by atoms with Crippen molar-refractivity contribution in [3.8, 4) is 0 Å². The van der Waals surface area contributed by atoms with E-state index in [4.69, 9.17) is 5.73 Å². The number of hydrogen-bond acceptors (Lipinski definition) is 2. The monoisotopic (exact) mass is 203 g/mol. The van der Waals surface area contributed by atoms with Crippen molar-refractivity contribution in [3.63, 3.8) is 0 Å². The van der Waals surface area contributed by atoms with Crippen LogP contribution >= 0.6 is 0 Å². The van der Waals surface area contributed by atoms with Crippen LogP contribution in [0.25, 0.3) is 5.52 Å². The van der Waals surface area contributed by atoms with Crippen molar-refractivity contribution in [3.05, 3.63) is 35.4 Å². The Morgan fingerprint density at radius 2 is 2.27 bits per heavy atom. The number of aromatic nitrogens is 2. The minimum atomic E-state index is 0.511. The first-order chi connectivity index (χ1) is 7.26. The van der Waals surface area contributed by atoms with Gasteiger partial charge in [-0.2, -0.15) is 0 Å². The highest BCUT2D eigenvalue weighted by Crippen LogP contribution is 2.15. The first-order valence-electron chi connectivity index (χ1n) is 5.42. The van der Waals surface area contributed by atoms with Gasteiger partial charge >= 0.3 is 0 Å². The highest BCUT2D eigenvalue weighted by molar-refractivity contribution is 5.54. The van der Waals surface area contributed by atoms with E-state index in [1.54, 1.807) is 0 Å².